The molecule has 2 saturated heterocycles. The number of imide groups is 1. The molecule has 0 unspecified atom stereocenters. The number of amides is 2. The van der Waals surface area contributed by atoms with Gasteiger partial charge in [0, 0.05) is 75.9 Å². The summed E-state index contributed by atoms with van der Waals surface area (Å²) >= 11 is 3.54. The van der Waals surface area contributed by atoms with Gasteiger partial charge in [-0.25, -0.2) is 4.79 Å². The second-order valence-corrected chi connectivity index (χ2v) is 7.79. The minimum atomic E-state index is -0.347. The number of methoxy groups -OCH3 is 1. The van der Waals surface area contributed by atoms with Gasteiger partial charge in [0.15, 0.2) is 0 Å². The molecule has 27 heavy (non-hydrogen) atoms. The van der Waals surface area contributed by atoms with Crippen LogP contribution in [0, 0.1) is 0 Å². The van der Waals surface area contributed by atoms with Gasteiger partial charge in [0.2, 0.25) is 11.8 Å². The van der Waals surface area contributed by atoms with E-state index in [0.717, 1.165) is 49.4 Å². The lowest BCUT2D eigenvalue weighted by Crippen LogP contribution is -2.48. The molecule has 0 aliphatic carbocycles. The van der Waals surface area contributed by atoms with Crippen molar-refractivity contribution in [3.8, 4) is 0 Å². The van der Waals surface area contributed by atoms with Crippen LogP contribution >= 0.6 is 15.9 Å². The van der Waals surface area contributed by atoms with E-state index in [4.69, 9.17) is 4.74 Å². The third kappa shape index (κ3) is 4.41. The van der Waals surface area contributed by atoms with Crippen molar-refractivity contribution in [1.82, 2.24) is 19.3 Å². The fourth-order valence-electron chi connectivity index (χ4n) is 3.58. The van der Waals surface area contributed by atoms with E-state index in [0.29, 0.717) is 25.1 Å². The van der Waals surface area contributed by atoms with Gasteiger partial charge in [-0.05, 0) is 22.0 Å². The number of carbonyl (C=O) groups is 3. The van der Waals surface area contributed by atoms with Crippen LogP contribution in [0.5, 0.6) is 0 Å². The molecular formula is C18H25BrN4O4. The highest BCUT2D eigenvalue weighted by Crippen LogP contribution is 2.23. The first-order valence-corrected chi connectivity index (χ1v) is 9.90. The molecule has 0 N–H and O–H groups in total. The number of esters is 1. The number of ether oxygens (including phenoxy) is 1. The zero-order chi connectivity index (χ0) is 19.6. The van der Waals surface area contributed by atoms with Crippen molar-refractivity contribution < 1.29 is 19.1 Å². The number of aromatic nitrogens is 1. The Labute approximate surface area is 167 Å². The zero-order valence-electron chi connectivity index (χ0n) is 15.7. The highest BCUT2D eigenvalue weighted by Gasteiger charge is 2.29. The lowest BCUT2D eigenvalue weighted by atomic mass is 10.3. The van der Waals surface area contributed by atoms with Crippen molar-refractivity contribution in [1.29, 1.82) is 0 Å². The number of hydrogen-bond donors (Lipinski definition) is 0. The zero-order valence-corrected chi connectivity index (χ0v) is 17.3. The van der Waals surface area contributed by atoms with Gasteiger partial charge in [-0.15, -0.1) is 0 Å². The van der Waals surface area contributed by atoms with Crippen molar-refractivity contribution in [3.63, 3.8) is 0 Å². The van der Waals surface area contributed by atoms with Gasteiger partial charge in [0.05, 0.1) is 7.11 Å². The Bertz CT molecular complexity index is 724. The molecule has 9 heteroatoms. The molecule has 3 heterocycles. The maximum atomic E-state index is 11.8. The van der Waals surface area contributed by atoms with Crippen LogP contribution in [0.2, 0.25) is 0 Å². The Morgan fingerprint density at radius 1 is 1.07 bits per heavy atom. The van der Waals surface area contributed by atoms with Gasteiger partial charge in [-0.1, -0.05) is 0 Å². The fraction of sp³-hybridized carbons (Fsp3) is 0.611. The molecule has 8 nitrogen and oxygen atoms in total. The van der Waals surface area contributed by atoms with E-state index in [2.05, 4.69) is 25.7 Å². The number of nitrogens with zero attached hydrogens (tertiary/aromatic N) is 4. The number of halogens is 1. The average Bonchev–Trinajstić information content (AvgIpc) is 3.13. The summed E-state index contributed by atoms with van der Waals surface area (Å²) in [6, 6.07) is 1.79. The second kappa shape index (κ2) is 8.53. The fourth-order valence-corrected chi connectivity index (χ4v) is 4.19. The molecule has 1 aromatic rings. The number of carbonyl (C=O) groups excluding carboxylic acids is 3. The summed E-state index contributed by atoms with van der Waals surface area (Å²) in [6.45, 7) is 5.53. The van der Waals surface area contributed by atoms with E-state index >= 15 is 0 Å². The summed E-state index contributed by atoms with van der Waals surface area (Å²) in [5.41, 5.74) is 1.56. The quantitative estimate of drug-likeness (QED) is 0.481. The molecule has 0 bridgehead atoms. The van der Waals surface area contributed by atoms with Gasteiger partial charge in [0.1, 0.15) is 5.69 Å². The van der Waals surface area contributed by atoms with Crippen LogP contribution in [-0.2, 0) is 27.9 Å². The van der Waals surface area contributed by atoms with Gasteiger partial charge < -0.3 is 9.30 Å². The standard InChI is InChI=1S/C18H25BrN4O4/c1-20-14(18(26)27-2)11-13(19)15(20)12-22-7-5-21(6-8-22)9-10-23-16(24)3-4-17(23)25/h11H,3-10,12H2,1-2H3. The Morgan fingerprint density at radius 3 is 2.26 bits per heavy atom. The molecule has 0 atom stereocenters. The summed E-state index contributed by atoms with van der Waals surface area (Å²) < 4.78 is 7.59. The van der Waals surface area contributed by atoms with Crippen LogP contribution in [0.15, 0.2) is 10.5 Å². The summed E-state index contributed by atoms with van der Waals surface area (Å²) in [5.74, 6) is -0.442. The molecule has 2 aliphatic heterocycles. The van der Waals surface area contributed by atoms with E-state index in [1.165, 1.54) is 12.0 Å². The number of rotatable bonds is 6. The molecule has 2 amide bonds. The Kier molecular flexibility index (Phi) is 6.33. The normalized spacial score (nSPS) is 19.1. The lowest BCUT2D eigenvalue weighted by Gasteiger charge is -2.35. The van der Waals surface area contributed by atoms with E-state index in [1.54, 1.807) is 6.07 Å². The Morgan fingerprint density at radius 2 is 1.67 bits per heavy atom. The number of likely N-dealkylation sites (tertiary alicyclic amines) is 1. The minimum Gasteiger partial charge on any atom is -0.464 e. The molecule has 0 radical (unpaired) electrons. The number of hydrogen-bond acceptors (Lipinski definition) is 6. The van der Waals surface area contributed by atoms with Crippen LogP contribution in [-0.4, -0.2) is 83.4 Å². The maximum absolute atomic E-state index is 11.8. The molecule has 2 fully saturated rings. The summed E-state index contributed by atoms with van der Waals surface area (Å²) in [5, 5.41) is 0. The van der Waals surface area contributed by atoms with Gasteiger partial charge >= 0.3 is 5.97 Å². The van der Waals surface area contributed by atoms with Gasteiger partial charge in [-0.3, -0.25) is 24.3 Å². The van der Waals surface area contributed by atoms with Crippen LogP contribution in [0.1, 0.15) is 29.0 Å². The summed E-state index contributed by atoms with van der Waals surface area (Å²) in [6.07, 6.45) is 0.706. The third-order valence-corrected chi connectivity index (χ3v) is 6.02. The van der Waals surface area contributed by atoms with Crippen molar-refractivity contribution in [2.75, 3.05) is 46.4 Å². The van der Waals surface area contributed by atoms with Crippen LogP contribution in [0.4, 0.5) is 0 Å². The molecule has 3 rings (SSSR count). The van der Waals surface area contributed by atoms with Gasteiger partial charge in [0.25, 0.3) is 0 Å². The van der Waals surface area contributed by atoms with E-state index in [-0.39, 0.29) is 17.8 Å². The first-order chi connectivity index (χ1) is 12.9. The molecule has 0 spiro atoms. The Hall–Kier alpha value is -1.71. The van der Waals surface area contributed by atoms with E-state index < -0.39 is 0 Å². The van der Waals surface area contributed by atoms with Crippen LogP contribution in [0.3, 0.4) is 0 Å². The van der Waals surface area contributed by atoms with Crippen molar-refractivity contribution in [3.05, 3.63) is 21.9 Å². The summed E-state index contributed by atoms with van der Waals surface area (Å²) in [7, 11) is 3.25. The molecule has 0 saturated carbocycles. The molecule has 2 aliphatic rings. The first-order valence-electron chi connectivity index (χ1n) is 9.11. The number of piperazine rings is 1. The molecule has 1 aromatic heterocycles. The largest absolute Gasteiger partial charge is 0.464 e. The molecular weight excluding hydrogens is 416 g/mol. The summed E-state index contributed by atoms with van der Waals surface area (Å²) in [4.78, 5) is 41.2. The predicted octanol–water partition coefficient (Wildman–Crippen LogP) is 0.841. The lowest BCUT2D eigenvalue weighted by molar-refractivity contribution is -0.138. The highest BCUT2D eigenvalue weighted by atomic mass is 79.9. The average molecular weight is 441 g/mol. The molecule has 148 valence electrons. The molecule has 0 aromatic carbocycles. The smallest absolute Gasteiger partial charge is 0.354 e. The van der Waals surface area contributed by atoms with Crippen LogP contribution < -0.4 is 0 Å². The van der Waals surface area contributed by atoms with Crippen molar-refractivity contribution in [2.45, 2.75) is 19.4 Å². The first kappa shape index (κ1) is 20.0. The SMILES string of the molecule is COC(=O)c1cc(Br)c(CN2CCN(CCN3C(=O)CCC3=O)CC2)n1C. The van der Waals surface area contributed by atoms with Crippen molar-refractivity contribution in [2.24, 2.45) is 7.05 Å². The highest BCUT2D eigenvalue weighted by molar-refractivity contribution is 9.10. The monoisotopic (exact) mass is 440 g/mol. The minimum absolute atomic E-state index is 0.0476. The van der Waals surface area contributed by atoms with E-state index in [1.807, 2.05) is 11.6 Å². The van der Waals surface area contributed by atoms with Crippen LogP contribution in [0.25, 0.3) is 0 Å². The topological polar surface area (TPSA) is 75.1 Å². The van der Waals surface area contributed by atoms with Crippen molar-refractivity contribution >= 4 is 33.7 Å². The third-order valence-electron chi connectivity index (χ3n) is 5.33. The Balaban J connectivity index is 1.50. The predicted molar refractivity (Wildman–Crippen MR) is 102 cm³/mol. The maximum Gasteiger partial charge on any atom is 0.354 e. The van der Waals surface area contributed by atoms with Gasteiger partial charge in [-0.2, -0.15) is 0 Å². The second-order valence-electron chi connectivity index (χ2n) is 6.93. The van der Waals surface area contributed by atoms with E-state index in [9.17, 15) is 14.4 Å².